The molecule has 8 heteroatoms. The topological polar surface area (TPSA) is 96.5 Å². The summed E-state index contributed by atoms with van der Waals surface area (Å²) in [6.07, 6.45) is 4.18. The number of rotatable bonds is 7. The molecule has 1 aromatic heterocycles. The van der Waals surface area contributed by atoms with Gasteiger partial charge in [-0.3, -0.25) is 4.79 Å². The second kappa shape index (κ2) is 11.8. The smallest absolute Gasteiger partial charge is 0.408 e. The number of carbonyl (C=O) groups is 2. The summed E-state index contributed by atoms with van der Waals surface area (Å²) in [5, 5.41) is 2.84. The Hall–Kier alpha value is -3.65. The van der Waals surface area contributed by atoms with Gasteiger partial charge in [0, 0.05) is 19.4 Å². The van der Waals surface area contributed by atoms with Crippen LogP contribution >= 0.6 is 0 Å². The van der Waals surface area contributed by atoms with Gasteiger partial charge in [0.1, 0.15) is 18.0 Å². The van der Waals surface area contributed by atoms with E-state index in [0.717, 1.165) is 35.5 Å². The van der Waals surface area contributed by atoms with Gasteiger partial charge in [-0.25, -0.2) is 9.78 Å². The Labute approximate surface area is 223 Å². The fraction of sp³-hybridized carbons (Fsp3) is 0.433. The van der Waals surface area contributed by atoms with Crippen LogP contribution in [0.25, 0.3) is 22.4 Å². The van der Waals surface area contributed by atoms with Crippen LogP contribution in [0.15, 0.2) is 60.8 Å². The molecule has 2 aliphatic heterocycles. The standard InChI is InChI=1S/C30H36N4O4/c1-20(2)27(33-30(36)38-24-14-17-37-18-15-24)29(35)34-16-6-9-26(34)28-31-19-25(32-28)23-12-10-22(11-13-23)21-7-4-3-5-8-21/h3-5,7-8,10-13,19-20,24,26-27H,6,9,14-18H2,1-2H3,(H,31,32)(H,33,36). The van der Waals surface area contributed by atoms with E-state index in [0.29, 0.717) is 32.6 Å². The maximum Gasteiger partial charge on any atom is 0.408 e. The van der Waals surface area contributed by atoms with Gasteiger partial charge in [0.25, 0.3) is 0 Å². The zero-order chi connectivity index (χ0) is 26.5. The molecule has 5 rings (SSSR count). The summed E-state index contributed by atoms with van der Waals surface area (Å²) in [6.45, 7) is 5.68. The Bertz CT molecular complexity index is 1220. The predicted octanol–water partition coefficient (Wildman–Crippen LogP) is 5.34. The summed E-state index contributed by atoms with van der Waals surface area (Å²) < 4.78 is 10.9. The first-order chi connectivity index (χ1) is 18.5. The summed E-state index contributed by atoms with van der Waals surface area (Å²) in [5.41, 5.74) is 4.29. The van der Waals surface area contributed by atoms with Crippen LogP contribution in [0.4, 0.5) is 4.79 Å². The van der Waals surface area contributed by atoms with Crippen LogP contribution in [0.2, 0.25) is 0 Å². The van der Waals surface area contributed by atoms with Crippen molar-refractivity contribution in [1.29, 1.82) is 0 Å². The molecule has 200 valence electrons. The Morgan fingerprint density at radius 1 is 1.00 bits per heavy atom. The second-order valence-electron chi connectivity index (χ2n) is 10.4. The minimum absolute atomic E-state index is 0.0821. The van der Waals surface area contributed by atoms with Crippen LogP contribution in [0.3, 0.4) is 0 Å². The molecule has 2 atom stereocenters. The molecule has 2 N–H and O–H groups in total. The van der Waals surface area contributed by atoms with Gasteiger partial charge in [0.15, 0.2) is 0 Å². The van der Waals surface area contributed by atoms with Crippen molar-refractivity contribution < 1.29 is 19.1 Å². The largest absolute Gasteiger partial charge is 0.446 e. The number of alkyl carbamates (subject to hydrolysis) is 1. The number of nitrogens with zero attached hydrogens (tertiary/aromatic N) is 2. The maximum absolute atomic E-state index is 13.6. The number of carbonyl (C=O) groups excluding carboxylic acids is 2. The van der Waals surface area contributed by atoms with E-state index in [-0.39, 0.29) is 24.0 Å². The Morgan fingerprint density at radius 3 is 2.39 bits per heavy atom. The van der Waals surface area contributed by atoms with Gasteiger partial charge in [-0.1, -0.05) is 68.4 Å². The molecule has 0 radical (unpaired) electrons. The highest BCUT2D eigenvalue weighted by atomic mass is 16.6. The van der Waals surface area contributed by atoms with Gasteiger partial charge in [-0.2, -0.15) is 0 Å². The molecule has 38 heavy (non-hydrogen) atoms. The van der Waals surface area contributed by atoms with E-state index in [1.807, 2.05) is 43.1 Å². The van der Waals surface area contributed by atoms with E-state index in [1.54, 1.807) is 0 Å². The maximum atomic E-state index is 13.6. The van der Waals surface area contributed by atoms with Crippen LogP contribution < -0.4 is 5.32 Å². The van der Waals surface area contributed by atoms with Crippen molar-refractivity contribution in [3.05, 3.63) is 66.6 Å². The van der Waals surface area contributed by atoms with Crippen LogP contribution in [-0.4, -0.2) is 58.8 Å². The molecule has 2 unspecified atom stereocenters. The molecule has 0 spiro atoms. The Balaban J connectivity index is 1.26. The number of nitrogens with one attached hydrogen (secondary N) is 2. The second-order valence-corrected chi connectivity index (χ2v) is 10.4. The van der Waals surface area contributed by atoms with Crippen LogP contribution in [0.1, 0.15) is 51.4 Å². The van der Waals surface area contributed by atoms with E-state index in [1.165, 1.54) is 5.56 Å². The predicted molar refractivity (Wildman–Crippen MR) is 145 cm³/mol. The molecule has 2 saturated heterocycles. The molecule has 2 aliphatic rings. The third-order valence-corrected chi connectivity index (χ3v) is 7.40. The van der Waals surface area contributed by atoms with Crippen LogP contribution in [0.5, 0.6) is 0 Å². The quantitative estimate of drug-likeness (QED) is 0.442. The van der Waals surface area contributed by atoms with Gasteiger partial charge in [-0.15, -0.1) is 0 Å². The Morgan fingerprint density at radius 2 is 1.68 bits per heavy atom. The summed E-state index contributed by atoms with van der Waals surface area (Å²) in [7, 11) is 0. The average Bonchev–Trinajstić information content (AvgIpc) is 3.63. The lowest BCUT2D eigenvalue weighted by Crippen LogP contribution is -2.51. The fourth-order valence-electron chi connectivity index (χ4n) is 5.24. The number of H-pyrrole nitrogens is 1. The molecule has 8 nitrogen and oxygen atoms in total. The van der Waals surface area contributed by atoms with E-state index in [2.05, 4.69) is 51.7 Å². The number of hydrogen-bond donors (Lipinski definition) is 2. The van der Waals surface area contributed by atoms with Crippen molar-refractivity contribution in [1.82, 2.24) is 20.2 Å². The van der Waals surface area contributed by atoms with Crippen molar-refractivity contribution in [2.45, 2.75) is 57.7 Å². The first-order valence-corrected chi connectivity index (χ1v) is 13.6. The van der Waals surface area contributed by atoms with Crippen molar-refractivity contribution >= 4 is 12.0 Å². The van der Waals surface area contributed by atoms with Crippen molar-refractivity contribution in [2.75, 3.05) is 19.8 Å². The van der Waals surface area contributed by atoms with Crippen LogP contribution in [0, 0.1) is 5.92 Å². The zero-order valence-corrected chi connectivity index (χ0v) is 22.1. The number of likely N-dealkylation sites (tertiary alicyclic amines) is 1. The molecular formula is C30H36N4O4. The minimum Gasteiger partial charge on any atom is -0.446 e. The highest BCUT2D eigenvalue weighted by Gasteiger charge is 2.37. The number of ether oxygens (including phenoxy) is 2. The van der Waals surface area contributed by atoms with Gasteiger partial charge >= 0.3 is 6.09 Å². The third kappa shape index (κ3) is 5.91. The summed E-state index contributed by atoms with van der Waals surface area (Å²) >= 11 is 0. The fourth-order valence-corrected chi connectivity index (χ4v) is 5.24. The lowest BCUT2D eigenvalue weighted by molar-refractivity contribution is -0.135. The highest BCUT2D eigenvalue weighted by molar-refractivity contribution is 5.86. The molecule has 3 aromatic rings. The summed E-state index contributed by atoms with van der Waals surface area (Å²) in [4.78, 5) is 36.2. The highest BCUT2D eigenvalue weighted by Crippen LogP contribution is 2.33. The summed E-state index contributed by atoms with van der Waals surface area (Å²) in [6, 6.07) is 17.8. The molecule has 3 heterocycles. The minimum atomic E-state index is -0.664. The first-order valence-electron chi connectivity index (χ1n) is 13.6. The van der Waals surface area contributed by atoms with E-state index in [9.17, 15) is 9.59 Å². The van der Waals surface area contributed by atoms with Gasteiger partial charge in [0.2, 0.25) is 5.91 Å². The number of benzene rings is 2. The summed E-state index contributed by atoms with van der Waals surface area (Å²) in [5.74, 6) is 0.586. The number of aromatic amines is 1. The van der Waals surface area contributed by atoms with Gasteiger partial charge in [0.05, 0.1) is 31.1 Å². The molecule has 2 fully saturated rings. The van der Waals surface area contributed by atoms with Crippen LogP contribution in [-0.2, 0) is 14.3 Å². The lowest BCUT2D eigenvalue weighted by Gasteiger charge is -2.31. The monoisotopic (exact) mass is 516 g/mol. The van der Waals surface area contributed by atoms with Crippen molar-refractivity contribution in [3.8, 4) is 22.4 Å². The van der Waals surface area contributed by atoms with E-state index >= 15 is 0 Å². The first kappa shape index (κ1) is 26.0. The van der Waals surface area contributed by atoms with Gasteiger partial charge < -0.3 is 24.7 Å². The number of hydrogen-bond acceptors (Lipinski definition) is 5. The van der Waals surface area contributed by atoms with Crippen molar-refractivity contribution in [2.24, 2.45) is 5.92 Å². The molecule has 0 saturated carbocycles. The molecule has 2 amide bonds. The van der Waals surface area contributed by atoms with E-state index in [4.69, 9.17) is 9.47 Å². The molecule has 2 aromatic carbocycles. The lowest BCUT2D eigenvalue weighted by atomic mass is 10.0. The normalized spacial score (nSPS) is 18.9. The number of amides is 2. The molecular weight excluding hydrogens is 480 g/mol. The SMILES string of the molecule is CC(C)C(NC(=O)OC1CCOCC1)C(=O)N1CCCC1c1ncc(-c2ccc(-c3ccccc3)cc2)[nH]1. The molecule has 0 aliphatic carbocycles. The average molecular weight is 517 g/mol. The number of imidazole rings is 1. The van der Waals surface area contributed by atoms with E-state index < -0.39 is 12.1 Å². The van der Waals surface area contributed by atoms with Crippen molar-refractivity contribution in [3.63, 3.8) is 0 Å². The molecule has 0 bridgehead atoms. The Kier molecular flexibility index (Phi) is 8.08. The number of aromatic nitrogens is 2. The third-order valence-electron chi connectivity index (χ3n) is 7.40. The van der Waals surface area contributed by atoms with Gasteiger partial charge in [-0.05, 0) is 35.4 Å². The zero-order valence-electron chi connectivity index (χ0n) is 22.1.